The summed E-state index contributed by atoms with van der Waals surface area (Å²) in [6, 6.07) is 0. The Morgan fingerprint density at radius 2 is 1.35 bits per heavy atom. The summed E-state index contributed by atoms with van der Waals surface area (Å²) in [5.74, 6) is -1.20. The molecular formula is C22H42O13P2. The van der Waals surface area contributed by atoms with Crippen molar-refractivity contribution in [3.8, 4) is 0 Å². The van der Waals surface area contributed by atoms with Crippen molar-refractivity contribution in [3.05, 3.63) is 0 Å². The van der Waals surface area contributed by atoms with Gasteiger partial charge in [0, 0.05) is 20.5 Å². The molecule has 0 bridgehead atoms. The molecule has 1 aliphatic rings. The van der Waals surface area contributed by atoms with E-state index in [4.69, 9.17) is 41.6 Å². The highest BCUT2D eigenvalue weighted by molar-refractivity contribution is 7.53. The molecule has 1 aliphatic heterocycles. The maximum atomic E-state index is 13.3. The maximum absolute atomic E-state index is 13.3. The number of phosphoric acid groups is 1. The fraction of sp³-hybridized carbons (Fsp3) is 0.909. The summed E-state index contributed by atoms with van der Waals surface area (Å²) in [5, 5.41) is 0. The van der Waals surface area contributed by atoms with Gasteiger partial charge in [0.05, 0.1) is 45.3 Å². The van der Waals surface area contributed by atoms with Crippen LogP contribution in [0.2, 0.25) is 0 Å². The number of carbonyl (C=O) groups is 2. The molecule has 2 unspecified atom stereocenters. The number of esters is 2. The molecular weight excluding hydrogens is 534 g/mol. The molecule has 1 rings (SSSR count). The van der Waals surface area contributed by atoms with Gasteiger partial charge in [0.1, 0.15) is 6.10 Å². The zero-order valence-corrected chi connectivity index (χ0v) is 24.4. The Hall–Kier alpha value is -0.880. The lowest BCUT2D eigenvalue weighted by atomic mass is 10.1. The predicted octanol–water partition coefficient (Wildman–Crippen LogP) is 4.23. The minimum absolute atomic E-state index is 0.0761. The Bertz CT molecular complexity index is 768. The number of unbranched alkanes of at least 4 members (excludes halogenated alkanes) is 1. The Labute approximate surface area is 219 Å². The number of rotatable bonds is 20. The summed E-state index contributed by atoms with van der Waals surface area (Å²) in [6.45, 7) is 9.73. The van der Waals surface area contributed by atoms with E-state index in [0.717, 1.165) is 12.8 Å². The molecule has 13 nitrogen and oxygen atoms in total. The van der Waals surface area contributed by atoms with Gasteiger partial charge in [-0.2, -0.15) is 0 Å². The molecule has 0 aromatic rings. The lowest BCUT2D eigenvalue weighted by molar-refractivity contribution is -0.195. The normalized spacial score (nSPS) is 23.5. The van der Waals surface area contributed by atoms with Crippen LogP contribution in [-0.4, -0.2) is 82.3 Å². The van der Waals surface area contributed by atoms with E-state index in [1.165, 1.54) is 13.8 Å². The molecule has 0 aromatic carbocycles. The number of carbonyl (C=O) groups excluding carboxylic acids is 2. The van der Waals surface area contributed by atoms with Crippen LogP contribution in [0.15, 0.2) is 0 Å². The lowest BCUT2D eigenvalue weighted by Crippen LogP contribution is -2.40. The first-order valence-corrected chi connectivity index (χ1v) is 15.7. The van der Waals surface area contributed by atoms with Gasteiger partial charge in [-0.25, -0.2) is 4.57 Å². The number of ether oxygens (including phenoxy) is 4. The third-order valence-electron chi connectivity index (χ3n) is 4.87. The highest BCUT2D eigenvalue weighted by Crippen LogP contribution is 2.51. The molecule has 1 fully saturated rings. The van der Waals surface area contributed by atoms with Gasteiger partial charge in [-0.1, -0.05) is 13.3 Å². The molecule has 5 atom stereocenters. The molecule has 15 heteroatoms. The second-order valence-electron chi connectivity index (χ2n) is 7.91. The van der Waals surface area contributed by atoms with E-state index in [1.54, 1.807) is 20.8 Å². The number of hydrogen-bond acceptors (Lipinski definition) is 13. The minimum atomic E-state index is -3.74. The summed E-state index contributed by atoms with van der Waals surface area (Å²) in [4.78, 5) is 23.3. The second-order valence-corrected chi connectivity index (χ2v) is 11.8. The van der Waals surface area contributed by atoms with Crippen LogP contribution in [0.5, 0.6) is 0 Å². The Morgan fingerprint density at radius 1 is 0.757 bits per heavy atom. The molecule has 0 aliphatic carbocycles. The number of hydrogen-bond donors (Lipinski definition) is 0. The molecule has 0 spiro atoms. The van der Waals surface area contributed by atoms with Gasteiger partial charge in [-0.3, -0.25) is 27.7 Å². The monoisotopic (exact) mass is 576 g/mol. The predicted molar refractivity (Wildman–Crippen MR) is 132 cm³/mol. The van der Waals surface area contributed by atoms with Crippen molar-refractivity contribution in [2.75, 3.05) is 45.8 Å². The molecule has 37 heavy (non-hydrogen) atoms. The standard InChI is InChI=1S/C22H42O13P2/c1-7-11-13-27-20-19(35-22(34-18(6)24)21(20)33-17(5)23)12-16-36(25,28-8-2)31-14-15-32-37(26,29-9-3)30-10-4/h19-22H,7-16H2,1-6H3/t19-,20?,21+,22-,36?/m1/s1. The van der Waals surface area contributed by atoms with Crippen molar-refractivity contribution in [1.29, 1.82) is 0 Å². The highest BCUT2D eigenvalue weighted by atomic mass is 31.2. The molecule has 0 N–H and O–H groups in total. The van der Waals surface area contributed by atoms with E-state index in [0.29, 0.717) is 6.61 Å². The zero-order chi connectivity index (χ0) is 27.9. The van der Waals surface area contributed by atoms with Crippen LogP contribution in [0.4, 0.5) is 0 Å². The average Bonchev–Trinajstić information content (AvgIpc) is 3.11. The summed E-state index contributed by atoms with van der Waals surface area (Å²) >= 11 is 0. The SMILES string of the molecule is CCCCOC1[C@@H](CCP(=O)(OCC)OCCOP(=O)(OCC)OCC)O[C@@H](OC(C)=O)[C@H]1OC(C)=O. The van der Waals surface area contributed by atoms with Crippen LogP contribution in [0, 0.1) is 0 Å². The Kier molecular flexibility index (Phi) is 16.3. The molecule has 0 amide bonds. The number of phosphoric ester groups is 1. The van der Waals surface area contributed by atoms with Crippen molar-refractivity contribution >= 4 is 27.4 Å². The van der Waals surface area contributed by atoms with Crippen LogP contribution in [-0.2, 0) is 60.3 Å². The van der Waals surface area contributed by atoms with E-state index in [1.807, 2.05) is 6.92 Å². The summed E-state index contributed by atoms with van der Waals surface area (Å²) in [6.07, 6.45) is -1.98. The fourth-order valence-electron chi connectivity index (χ4n) is 3.47. The molecule has 0 radical (unpaired) electrons. The average molecular weight is 577 g/mol. The van der Waals surface area contributed by atoms with Gasteiger partial charge < -0.3 is 28.0 Å². The summed E-state index contributed by atoms with van der Waals surface area (Å²) in [7, 11) is -7.38. The van der Waals surface area contributed by atoms with Crippen molar-refractivity contribution in [2.45, 2.75) is 85.4 Å². The Morgan fingerprint density at radius 3 is 1.89 bits per heavy atom. The minimum Gasteiger partial charge on any atom is -0.453 e. The third kappa shape index (κ3) is 12.7. The van der Waals surface area contributed by atoms with E-state index >= 15 is 0 Å². The third-order valence-corrected chi connectivity index (χ3v) is 8.55. The van der Waals surface area contributed by atoms with Crippen molar-refractivity contribution in [1.82, 2.24) is 0 Å². The zero-order valence-electron chi connectivity index (χ0n) is 22.6. The summed E-state index contributed by atoms with van der Waals surface area (Å²) in [5.41, 5.74) is 0. The van der Waals surface area contributed by atoms with Gasteiger partial charge in [0.25, 0.3) is 0 Å². The van der Waals surface area contributed by atoms with E-state index in [-0.39, 0.29) is 45.6 Å². The van der Waals surface area contributed by atoms with Crippen molar-refractivity contribution < 1.29 is 60.3 Å². The topological polar surface area (TPSA) is 151 Å². The first kappa shape index (κ1) is 34.1. The van der Waals surface area contributed by atoms with Gasteiger partial charge in [0.15, 0.2) is 6.10 Å². The molecule has 218 valence electrons. The van der Waals surface area contributed by atoms with E-state index in [9.17, 15) is 18.7 Å². The van der Waals surface area contributed by atoms with Gasteiger partial charge >= 0.3 is 27.4 Å². The van der Waals surface area contributed by atoms with Crippen LogP contribution >= 0.6 is 15.4 Å². The molecule has 1 saturated heterocycles. The Balaban J connectivity index is 2.87. The smallest absolute Gasteiger partial charge is 0.453 e. The summed E-state index contributed by atoms with van der Waals surface area (Å²) < 4.78 is 74.3. The van der Waals surface area contributed by atoms with Gasteiger partial charge in [-0.05, 0) is 33.6 Å². The molecule has 0 saturated carbocycles. The van der Waals surface area contributed by atoms with E-state index in [2.05, 4.69) is 0 Å². The highest BCUT2D eigenvalue weighted by Gasteiger charge is 2.50. The maximum Gasteiger partial charge on any atom is 0.474 e. The van der Waals surface area contributed by atoms with Crippen molar-refractivity contribution in [2.24, 2.45) is 0 Å². The van der Waals surface area contributed by atoms with Crippen LogP contribution in [0.3, 0.4) is 0 Å². The van der Waals surface area contributed by atoms with E-state index < -0.39 is 52.0 Å². The van der Waals surface area contributed by atoms with Crippen LogP contribution < -0.4 is 0 Å². The fourth-order valence-corrected chi connectivity index (χ4v) is 6.27. The second kappa shape index (κ2) is 17.7. The van der Waals surface area contributed by atoms with Gasteiger partial charge in [0.2, 0.25) is 6.29 Å². The lowest BCUT2D eigenvalue weighted by Gasteiger charge is -2.24. The molecule has 1 heterocycles. The van der Waals surface area contributed by atoms with Gasteiger partial charge in [-0.15, -0.1) is 0 Å². The van der Waals surface area contributed by atoms with Crippen molar-refractivity contribution in [3.63, 3.8) is 0 Å². The quantitative estimate of drug-likeness (QED) is 0.116. The van der Waals surface area contributed by atoms with Crippen LogP contribution in [0.1, 0.15) is 60.8 Å². The molecule has 0 aromatic heterocycles. The largest absolute Gasteiger partial charge is 0.474 e. The first-order valence-electron chi connectivity index (χ1n) is 12.6. The first-order chi connectivity index (χ1) is 17.5. The van der Waals surface area contributed by atoms with Crippen LogP contribution in [0.25, 0.3) is 0 Å².